The Morgan fingerprint density at radius 2 is 2.50 bits per heavy atom. The van der Waals surface area contributed by atoms with Crippen molar-refractivity contribution in [2.45, 2.75) is 39.0 Å². The summed E-state index contributed by atoms with van der Waals surface area (Å²) in [6, 6.07) is 0. The van der Waals surface area contributed by atoms with Gasteiger partial charge in [-0.05, 0) is 32.6 Å². The number of Topliss-reactive ketones (excluding diaryl/α,β-unsaturated/α-hetero) is 1. The van der Waals surface area contributed by atoms with Gasteiger partial charge in [-0.1, -0.05) is 0 Å². The Labute approximate surface area is 88.4 Å². The molecule has 1 saturated carbocycles. The lowest BCUT2D eigenvalue weighted by atomic mass is 10.00. The summed E-state index contributed by atoms with van der Waals surface area (Å²) in [6.07, 6.45) is 5.09. The van der Waals surface area contributed by atoms with Gasteiger partial charge in [-0.25, -0.2) is 4.98 Å². The summed E-state index contributed by atoms with van der Waals surface area (Å²) < 4.78 is 0. The van der Waals surface area contributed by atoms with Gasteiger partial charge >= 0.3 is 0 Å². The molecule has 14 heavy (non-hydrogen) atoms. The second-order valence-electron chi connectivity index (χ2n) is 3.96. The number of carbonyl (C=O) groups excluding carboxylic acids is 1. The molecule has 0 aliphatic heterocycles. The van der Waals surface area contributed by atoms with Crippen LogP contribution in [0.25, 0.3) is 0 Å². The van der Waals surface area contributed by atoms with Crippen LogP contribution in [0.2, 0.25) is 0 Å². The molecule has 1 atom stereocenters. The van der Waals surface area contributed by atoms with Crippen molar-refractivity contribution in [3.8, 4) is 0 Å². The van der Waals surface area contributed by atoms with Crippen LogP contribution in [0.15, 0.2) is 5.51 Å². The molecule has 1 fully saturated rings. The Balaban J connectivity index is 1.88. The lowest BCUT2D eigenvalue weighted by Crippen LogP contribution is -2.07. The lowest BCUT2D eigenvalue weighted by Gasteiger charge is -2.05. The largest absolute Gasteiger partial charge is 0.299 e. The Hall–Kier alpha value is -0.700. The first-order valence-corrected chi connectivity index (χ1v) is 6.07. The molecule has 0 aromatic carbocycles. The van der Waals surface area contributed by atoms with Gasteiger partial charge in [-0.15, -0.1) is 11.3 Å². The standard InChI is InChI=1S/C11H15NOS/c1-8-11(14-7-12-8)6-5-9-3-2-4-10(9)13/h7,9H,2-6H2,1H3. The molecule has 0 amide bonds. The quantitative estimate of drug-likeness (QED) is 0.766. The minimum Gasteiger partial charge on any atom is -0.299 e. The Morgan fingerprint density at radius 3 is 3.07 bits per heavy atom. The molecule has 1 aromatic heterocycles. The number of aromatic nitrogens is 1. The number of nitrogens with zero attached hydrogens (tertiary/aromatic N) is 1. The number of ketones is 1. The summed E-state index contributed by atoms with van der Waals surface area (Å²) in [5.41, 5.74) is 3.03. The van der Waals surface area contributed by atoms with Crippen LogP contribution in [0, 0.1) is 12.8 Å². The average molecular weight is 209 g/mol. The molecular weight excluding hydrogens is 194 g/mol. The van der Waals surface area contributed by atoms with Crippen LogP contribution < -0.4 is 0 Å². The minimum absolute atomic E-state index is 0.344. The Bertz CT molecular complexity index is 332. The van der Waals surface area contributed by atoms with Crippen LogP contribution in [-0.4, -0.2) is 10.8 Å². The van der Waals surface area contributed by atoms with Crippen molar-refractivity contribution >= 4 is 17.1 Å². The number of aryl methyl sites for hydroxylation is 2. The molecule has 1 heterocycles. The number of thiazole rings is 1. The molecule has 0 saturated heterocycles. The van der Waals surface area contributed by atoms with Crippen molar-refractivity contribution in [3.63, 3.8) is 0 Å². The second-order valence-corrected chi connectivity index (χ2v) is 4.89. The van der Waals surface area contributed by atoms with E-state index in [9.17, 15) is 4.79 Å². The van der Waals surface area contributed by atoms with Crippen LogP contribution in [0.1, 0.15) is 36.3 Å². The zero-order valence-electron chi connectivity index (χ0n) is 8.45. The van der Waals surface area contributed by atoms with Gasteiger partial charge in [0.25, 0.3) is 0 Å². The SMILES string of the molecule is Cc1ncsc1CCC1CCCC1=O. The van der Waals surface area contributed by atoms with E-state index in [-0.39, 0.29) is 0 Å². The van der Waals surface area contributed by atoms with Gasteiger partial charge in [0.1, 0.15) is 5.78 Å². The third kappa shape index (κ3) is 2.03. The highest BCUT2D eigenvalue weighted by Gasteiger charge is 2.23. The molecule has 0 spiro atoms. The molecule has 0 N–H and O–H groups in total. The fourth-order valence-electron chi connectivity index (χ4n) is 2.06. The molecule has 2 nitrogen and oxygen atoms in total. The van der Waals surface area contributed by atoms with E-state index in [4.69, 9.17) is 0 Å². The van der Waals surface area contributed by atoms with Gasteiger partial charge in [0.05, 0.1) is 11.2 Å². The summed E-state index contributed by atoms with van der Waals surface area (Å²) in [5.74, 6) is 0.823. The van der Waals surface area contributed by atoms with Gasteiger partial charge in [0, 0.05) is 17.2 Å². The maximum absolute atomic E-state index is 11.4. The fourth-order valence-corrected chi connectivity index (χ4v) is 2.86. The highest BCUT2D eigenvalue weighted by molar-refractivity contribution is 7.09. The molecular formula is C11H15NOS. The topological polar surface area (TPSA) is 30.0 Å². The lowest BCUT2D eigenvalue weighted by molar-refractivity contribution is -0.120. The van der Waals surface area contributed by atoms with Gasteiger partial charge in [0.15, 0.2) is 0 Å². The predicted molar refractivity (Wildman–Crippen MR) is 57.5 cm³/mol. The fraction of sp³-hybridized carbons (Fsp3) is 0.636. The summed E-state index contributed by atoms with van der Waals surface area (Å²) in [5, 5.41) is 0. The number of hydrogen-bond acceptors (Lipinski definition) is 3. The van der Waals surface area contributed by atoms with Crippen LogP contribution in [0.4, 0.5) is 0 Å². The van der Waals surface area contributed by atoms with E-state index in [0.717, 1.165) is 37.8 Å². The smallest absolute Gasteiger partial charge is 0.135 e. The third-order valence-electron chi connectivity index (χ3n) is 3.00. The summed E-state index contributed by atoms with van der Waals surface area (Å²) in [4.78, 5) is 17.0. The van der Waals surface area contributed by atoms with E-state index in [2.05, 4.69) is 4.98 Å². The number of carbonyl (C=O) groups is 1. The third-order valence-corrected chi connectivity index (χ3v) is 3.99. The Morgan fingerprint density at radius 1 is 1.64 bits per heavy atom. The van der Waals surface area contributed by atoms with Crippen LogP contribution in [0.3, 0.4) is 0 Å². The van der Waals surface area contributed by atoms with Crippen LogP contribution in [0.5, 0.6) is 0 Å². The zero-order valence-corrected chi connectivity index (χ0v) is 9.27. The molecule has 76 valence electrons. The molecule has 0 bridgehead atoms. The molecule has 1 unspecified atom stereocenters. The summed E-state index contributed by atoms with van der Waals surface area (Å²) in [6.45, 7) is 2.04. The van der Waals surface area contributed by atoms with E-state index in [1.165, 1.54) is 4.88 Å². The minimum atomic E-state index is 0.344. The van der Waals surface area contributed by atoms with Crippen molar-refractivity contribution in [3.05, 3.63) is 16.1 Å². The van der Waals surface area contributed by atoms with Gasteiger partial charge < -0.3 is 0 Å². The first-order valence-electron chi connectivity index (χ1n) is 5.19. The predicted octanol–water partition coefficient (Wildman–Crippen LogP) is 2.75. The van der Waals surface area contributed by atoms with Crippen molar-refractivity contribution in [2.75, 3.05) is 0 Å². The normalized spacial score (nSPS) is 21.8. The van der Waals surface area contributed by atoms with Crippen LogP contribution in [-0.2, 0) is 11.2 Å². The number of hydrogen-bond donors (Lipinski definition) is 0. The van der Waals surface area contributed by atoms with Gasteiger partial charge in [0.2, 0.25) is 0 Å². The van der Waals surface area contributed by atoms with Crippen LogP contribution >= 0.6 is 11.3 Å². The first kappa shape index (κ1) is 9.84. The van der Waals surface area contributed by atoms with E-state index in [1.54, 1.807) is 11.3 Å². The monoisotopic (exact) mass is 209 g/mol. The Kier molecular flexibility index (Phi) is 2.96. The maximum atomic E-state index is 11.4. The number of rotatable bonds is 3. The summed E-state index contributed by atoms with van der Waals surface area (Å²) in [7, 11) is 0. The van der Waals surface area contributed by atoms with E-state index < -0.39 is 0 Å². The molecule has 3 heteroatoms. The van der Waals surface area contributed by atoms with Crippen molar-refractivity contribution in [2.24, 2.45) is 5.92 Å². The van der Waals surface area contributed by atoms with Gasteiger partial charge in [-0.2, -0.15) is 0 Å². The van der Waals surface area contributed by atoms with Crippen molar-refractivity contribution in [1.82, 2.24) is 4.98 Å². The van der Waals surface area contributed by atoms with Gasteiger partial charge in [-0.3, -0.25) is 4.79 Å². The maximum Gasteiger partial charge on any atom is 0.135 e. The highest BCUT2D eigenvalue weighted by Crippen LogP contribution is 2.27. The average Bonchev–Trinajstić information content (AvgIpc) is 2.72. The molecule has 1 aliphatic rings. The first-order chi connectivity index (χ1) is 6.77. The highest BCUT2D eigenvalue weighted by atomic mass is 32.1. The van der Waals surface area contributed by atoms with E-state index in [0.29, 0.717) is 11.7 Å². The van der Waals surface area contributed by atoms with E-state index in [1.807, 2.05) is 12.4 Å². The van der Waals surface area contributed by atoms with Crippen molar-refractivity contribution in [1.29, 1.82) is 0 Å². The second kappa shape index (κ2) is 4.22. The van der Waals surface area contributed by atoms with E-state index >= 15 is 0 Å². The van der Waals surface area contributed by atoms with Crippen molar-refractivity contribution < 1.29 is 4.79 Å². The molecule has 2 rings (SSSR count). The molecule has 1 aliphatic carbocycles. The molecule has 0 radical (unpaired) electrons. The summed E-state index contributed by atoms with van der Waals surface area (Å²) >= 11 is 1.71. The zero-order chi connectivity index (χ0) is 9.97. The molecule has 1 aromatic rings.